The summed E-state index contributed by atoms with van der Waals surface area (Å²) in [5, 5.41) is 70.2. The molecular formula is C19H28O12. The summed E-state index contributed by atoms with van der Waals surface area (Å²) in [5.41, 5.74) is 0. The molecule has 10 atom stereocenters. The van der Waals surface area contributed by atoms with Crippen LogP contribution in [0.15, 0.2) is 18.2 Å². The quantitative estimate of drug-likeness (QED) is 0.241. The number of methoxy groups -OCH3 is 1. The number of hydrogen-bond acceptors (Lipinski definition) is 12. The van der Waals surface area contributed by atoms with Gasteiger partial charge in [0.25, 0.3) is 0 Å². The van der Waals surface area contributed by atoms with Crippen molar-refractivity contribution in [2.24, 2.45) is 0 Å². The zero-order valence-electron chi connectivity index (χ0n) is 16.9. The zero-order valence-corrected chi connectivity index (χ0v) is 16.9. The van der Waals surface area contributed by atoms with Crippen molar-refractivity contribution in [1.82, 2.24) is 0 Å². The maximum Gasteiger partial charge on any atom is 0.229 e. The third kappa shape index (κ3) is 5.03. The largest absolute Gasteiger partial charge is 0.504 e. The van der Waals surface area contributed by atoms with E-state index in [2.05, 4.69) is 0 Å². The summed E-state index contributed by atoms with van der Waals surface area (Å²) in [6.45, 7) is 1.06. The molecule has 1 aromatic carbocycles. The Morgan fingerprint density at radius 3 is 2.13 bits per heavy atom. The number of phenols is 1. The van der Waals surface area contributed by atoms with Gasteiger partial charge in [-0.3, -0.25) is 0 Å². The van der Waals surface area contributed by atoms with Crippen molar-refractivity contribution in [3.05, 3.63) is 18.2 Å². The summed E-state index contributed by atoms with van der Waals surface area (Å²) in [7, 11) is 1.42. The molecule has 0 aromatic heterocycles. The molecule has 0 radical (unpaired) electrons. The Morgan fingerprint density at radius 2 is 1.48 bits per heavy atom. The van der Waals surface area contributed by atoms with E-state index in [4.69, 9.17) is 23.7 Å². The second-order valence-electron chi connectivity index (χ2n) is 7.48. The lowest BCUT2D eigenvalue weighted by atomic mass is 9.98. The molecule has 176 valence electrons. The van der Waals surface area contributed by atoms with E-state index in [0.717, 1.165) is 0 Å². The van der Waals surface area contributed by atoms with Gasteiger partial charge in [-0.05, 0) is 19.1 Å². The van der Waals surface area contributed by atoms with Crippen LogP contribution in [-0.2, 0) is 14.2 Å². The first kappa shape index (κ1) is 23.9. The van der Waals surface area contributed by atoms with Crippen LogP contribution in [-0.4, -0.2) is 111 Å². The lowest BCUT2D eigenvalue weighted by molar-refractivity contribution is -0.318. The molecule has 2 heterocycles. The van der Waals surface area contributed by atoms with Crippen LogP contribution < -0.4 is 9.47 Å². The highest BCUT2D eigenvalue weighted by Crippen LogP contribution is 2.33. The van der Waals surface area contributed by atoms with Crippen LogP contribution in [0.1, 0.15) is 6.92 Å². The van der Waals surface area contributed by atoms with Gasteiger partial charge in [-0.1, -0.05) is 0 Å². The standard InChI is InChI=1S/C19H28O12/c1-7-12(21)14(23)16(25)18(29-7)28-6-11-13(22)15(24)17(26)19(31-11)30-10-4-3-8(27-2)5-9(10)20/h3-5,7,11-26H,6H2,1-2H3/t7-,11+,12-,13+,14+,15-,16+,17+,18+,19+/m0/s1. The number of hydrogen-bond donors (Lipinski definition) is 7. The van der Waals surface area contributed by atoms with Crippen LogP contribution in [0.5, 0.6) is 17.2 Å². The molecule has 0 unspecified atom stereocenters. The topological polar surface area (TPSA) is 188 Å². The Kier molecular flexibility index (Phi) is 7.57. The van der Waals surface area contributed by atoms with Gasteiger partial charge in [-0.25, -0.2) is 0 Å². The zero-order chi connectivity index (χ0) is 22.9. The Bertz CT molecular complexity index is 732. The van der Waals surface area contributed by atoms with Crippen molar-refractivity contribution >= 4 is 0 Å². The first-order valence-corrected chi connectivity index (χ1v) is 9.68. The lowest BCUT2D eigenvalue weighted by Gasteiger charge is -2.42. The predicted molar refractivity (Wildman–Crippen MR) is 100 cm³/mol. The summed E-state index contributed by atoms with van der Waals surface area (Å²) in [4.78, 5) is 0. The molecule has 3 rings (SSSR count). The van der Waals surface area contributed by atoms with Crippen molar-refractivity contribution < 1.29 is 59.4 Å². The Balaban J connectivity index is 1.66. The van der Waals surface area contributed by atoms with Crippen LogP contribution in [0, 0.1) is 0 Å². The molecule has 31 heavy (non-hydrogen) atoms. The minimum absolute atomic E-state index is 0.0647. The average Bonchev–Trinajstić information content (AvgIpc) is 2.76. The van der Waals surface area contributed by atoms with Gasteiger partial charge in [0.15, 0.2) is 17.8 Å². The molecule has 12 nitrogen and oxygen atoms in total. The minimum Gasteiger partial charge on any atom is -0.504 e. The van der Waals surface area contributed by atoms with Crippen molar-refractivity contribution in [2.75, 3.05) is 13.7 Å². The minimum atomic E-state index is -1.67. The molecule has 7 N–H and O–H groups in total. The van der Waals surface area contributed by atoms with Gasteiger partial charge in [0.2, 0.25) is 6.29 Å². The van der Waals surface area contributed by atoms with Crippen molar-refractivity contribution in [2.45, 2.75) is 68.3 Å². The van der Waals surface area contributed by atoms with Gasteiger partial charge in [0.05, 0.1) is 19.8 Å². The molecule has 0 amide bonds. The first-order chi connectivity index (χ1) is 14.6. The van der Waals surface area contributed by atoms with Gasteiger partial charge in [0.1, 0.15) is 48.5 Å². The van der Waals surface area contributed by atoms with E-state index < -0.39 is 68.0 Å². The van der Waals surface area contributed by atoms with Gasteiger partial charge >= 0.3 is 0 Å². The number of aromatic hydroxyl groups is 1. The highest BCUT2D eigenvalue weighted by Gasteiger charge is 2.47. The number of phenolic OH excluding ortho intramolecular Hbond substituents is 1. The van der Waals surface area contributed by atoms with E-state index in [1.165, 1.54) is 32.2 Å². The smallest absolute Gasteiger partial charge is 0.229 e. The normalized spacial score (nSPS) is 41.0. The van der Waals surface area contributed by atoms with Gasteiger partial charge in [0, 0.05) is 6.07 Å². The van der Waals surface area contributed by atoms with E-state index >= 15 is 0 Å². The van der Waals surface area contributed by atoms with Crippen molar-refractivity contribution in [3.63, 3.8) is 0 Å². The van der Waals surface area contributed by atoms with Crippen molar-refractivity contribution in [1.29, 1.82) is 0 Å². The molecule has 0 aliphatic carbocycles. The molecule has 2 aliphatic heterocycles. The van der Waals surface area contributed by atoms with Crippen LogP contribution >= 0.6 is 0 Å². The van der Waals surface area contributed by atoms with Crippen LogP contribution in [0.2, 0.25) is 0 Å². The average molecular weight is 448 g/mol. The Morgan fingerprint density at radius 1 is 0.839 bits per heavy atom. The summed E-state index contributed by atoms with van der Waals surface area (Å²) >= 11 is 0. The SMILES string of the molecule is COc1ccc(O[C@@H]2O[C@H](CO[C@@H]3O[C@@H](C)[C@H](O)[C@@H](O)[C@H]3O)[C@@H](O)[C@H](O)[C@H]2O)c(O)c1. The fourth-order valence-electron chi connectivity index (χ4n) is 3.34. The maximum atomic E-state index is 10.2. The fourth-order valence-corrected chi connectivity index (χ4v) is 3.34. The first-order valence-electron chi connectivity index (χ1n) is 9.68. The number of benzene rings is 1. The van der Waals surface area contributed by atoms with Gasteiger partial charge in [-0.15, -0.1) is 0 Å². The Labute approximate surface area is 177 Å². The van der Waals surface area contributed by atoms with E-state index in [-0.39, 0.29) is 11.5 Å². The molecule has 2 fully saturated rings. The molecule has 0 spiro atoms. The number of rotatable bonds is 6. The molecule has 1 aromatic rings. The number of ether oxygens (including phenoxy) is 5. The van der Waals surface area contributed by atoms with E-state index in [0.29, 0.717) is 5.75 Å². The highest BCUT2D eigenvalue weighted by atomic mass is 16.7. The van der Waals surface area contributed by atoms with Crippen LogP contribution in [0.25, 0.3) is 0 Å². The summed E-state index contributed by atoms with van der Waals surface area (Å²) in [6.07, 6.45) is -14.1. The molecule has 0 bridgehead atoms. The molecular weight excluding hydrogens is 420 g/mol. The van der Waals surface area contributed by atoms with Crippen molar-refractivity contribution in [3.8, 4) is 17.2 Å². The second kappa shape index (κ2) is 9.81. The predicted octanol–water partition coefficient (Wildman–Crippen LogP) is -2.57. The summed E-state index contributed by atoms with van der Waals surface area (Å²) < 4.78 is 26.6. The maximum absolute atomic E-state index is 10.2. The molecule has 12 heteroatoms. The third-order valence-electron chi connectivity index (χ3n) is 5.31. The van der Waals surface area contributed by atoms with Gasteiger partial charge < -0.3 is 59.4 Å². The molecule has 0 saturated carbocycles. The van der Waals surface area contributed by atoms with Crippen LogP contribution in [0.3, 0.4) is 0 Å². The fraction of sp³-hybridized carbons (Fsp3) is 0.684. The third-order valence-corrected chi connectivity index (χ3v) is 5.31. The lowest BCUT2D eigenvalue weighted by Crippen LogP contribution is -2.61. The summed E-state index contributed by atoms with van der Waals surface area (Å²) in [5.74, 6) is -0.00169. The monoisotopic (exact) mass is 448 g/mol. The van der Waals surface area contributed by atoms with Gasteiger partial charge in [-0.2, -0.15) is 0 Å². The van der Waals surface area contributed by atoms with E-state index in [1.807, 2.05) is 0 Å². The highest BCUT2D eigenvalue weighted by molar-refractivity contribution is 5.44. The number of aliphatic hydroxyl groups is 6. The van der Waals surface area contributed by atoms with Crippen LogP contribution in [0.4, 0.5) is 0 Å². The number of aliphatic hydroxyl groups excluding tert-OH is 6. The Hall–Kier alpha value is -1.74. The second-order valence-corrected chi connectivity index (χ2v) is 7.48. The molecule has 2 aliphatic rings. The summed E-state index contributed by atoms with van der Waals surface area (Å²) in [6, 6.07) is 4.14. The van der Waals surface area contributed by atoms with E-state index in [9.17, 15) is 35.7 Å². The van der Waals surface area contributed by atoms with E-state index in [1.54, 1.807) is 0 Å². The molecule has 2 saturated heterocycles.